The van der Waals surface area contributed by atoms with E-state index in [1.165, 1.54) is 0 Å². The van der Waals surface area contributed by atoms with Gasteiger partial charge in [0.25, 0.3) is 0 Å². The van der Waals surface area contributed by atoms with Gasteiger partial charge in [0.15, 0.2) is 0 Å². The molecule has 0 spiro atoms. The molecule has 0 aliphatic carbocycles. The monoisotopic (exact) mass is 469 g/mol. The molecule has 0 radical (unpaired) electrons. The van der Waals surface area contributed by atoms with E-state index >= 15 is 0 Å². The minimum absolute atomic E-state index is 0.0635. The zero-order chi connectivity index (χ0) is 23.4. The number of benzene rings is 2. The molecule has 0 unspecified atom stereocenters. The summed E-state index contributed by atoms with van der Waals surface area (Å²) in [5.74, 6) is 1.32. The van der Waals surface area contributed by atoms with Crippen molar-refractivity contribution in [1.29, 1.82) is 0 Å². The van der Waals surface area contributed by atoms with Crippen LogP contribution in [0.25, 0.3) is 6.08 Å². The van der Waals surface area contributed by atoms with Crippen LogP contribution in [0.4, 0.5) is 0 Å². The van der Waals surface area contributed by atoms with Crippen LogP contribution in [0.15, 0.2) is 53.6 Å². The standard InChI is InChI=1S/C26H28ClNO5/c1-17(2)33-24-8-5-18(11-23(24)27)15-31-22-7-6-20-10-19(16-32-25(20)12-22)13-28-9-3-4-21(14-28)26(29)30/h4-8,10-12,17H,3,9,13-16H2,1-2H3,(H,29,30). The van der Waals surface area contributed by atoms with Crippen LogP contribution in [-0.2, 0) is 11.4 Å². The summed E-state index contributed by atoms with van der Waals surface area (Å²) >= 11 is 6.31. The Morgan fingerprint density at radius 3 is 2.85 bits per heavy atom. The molecular weight excluding hydrogens is 442 g/mol. The van der Waals surface area contributed by atoms with Crippen LogP contribution in [-0.4, -0.2) is 48.3 Å². The minimum Gasteiger partial charge on any atom is -0.489 e. The molecular formula is C26H28ClNO5. The number of halogens is 1. The van der Waals surface area contributed by atoms with E-state index in [2.05, 4.69) is 11.0 Å². The summed E-state index contributed by atoms with van der Waals surface area (Å²) in [6.07, 6.45) is 4.75. The number of aliphatic carboxylic acids is 1. The van der Waals surface area contributed by atoms with Crippen molar-refractivity contribution in [3.63, 3.8) is 0 Å². The Kier molecular flexibility index (Phi) is 7.26. The lowest BCUT2D eigenvalue weighted by Gasteiger charge is -2.28. The highest BCUT2D eigenvalue weighted by molar-refractivity contribution is 6.32. The van der Waals surface area contributed by atoms with Crippen LogP contribution in [0.1, 0.15) is 31.4 Å². The molecule has 0 bridgehead atoms. The number of carbonyl (C=O) groups is 1. The molecule has 2 aliphatic heterocycles. The third-order valence-electron chi connectivity index (χ3n) is 5.45. The number of hydrogen-bond acceptors (Lipinski definition) is 5. The Labute approximate surface area is 199 Å². The molecule has 33 heavy (non-hydrogen) atoms. The molecule has 6 nitrogen and oxygen atoms in total. The first-order valence-electron chi connectivity index (χ1n) is 11.1. The second kappa shape index (κ2) is 10.3. The number of rotatable bonds is 8. The van der Waals surface area contributed by atoms with E-state index in [1.807, 2.05) is 56.3 Å². The van der Waals surface area contributed by atoms with Gasteiger partial charge >= 0.3 is 5.97 Å². The van der Waals surface area contributed by atoms with Gasteiger partial charge in [-0.2, -0.15) is 0 Å². The van der Waals surface area contributed by atoms with E-state index in [1.54, 1.807) is 0 Å². The zero-order valence-corrected chi connectivity index (χ0v) is 19.6. The Bertz CT molecular complexity index is 1090. The van der Waals surface area contributed by atoms with Crippen LogP contribution in [0, 0.1) is 0 Å². The van der Waals surface area contributed by atoms with E-state index in [0.717, 1.165) is 41.2 Å². The molecule has 0 fully saturated rings. The van der Waals surface area contributed by atoms with Crippen molar-refractivity contribution >= 4 is 23.6 Å². The Morgan fingerprint density at radius 1 is 1.24 bits per heavy atom. The Morgan fingerprint density at radius 2 is 2.09 bits per heavy atom. The molecule has 0 saturated carbocycles. The highest BCUT2D eigenvalue weighted by Gasteiger charge is 2.20. The lowest BCUT2D eigenvalue weighted by molar-refractivity contribution is -0.133. The maximum atomic E-state index is 11.2. The molecule has 0 atom stereocenters. The molecule has 1 N–H and O–H groups in total. The van der Waals surface area contributed by atoms with Crippen LogP contribution in [0.5, 0.6) is 17.2 Å². The van der Waals surface area contributed by atoms with Crippen LogP contribution < -0.4 is 14.2 Å². The topological polar surface area (TPSA) is 68.2 Å². The molecule has 2 aliphatic rings. The molecule has 7 heteroatoms. The fraction of sp³-hybridized carbons (Fsp3) is 0.346. The third kappa shape index (κ3) is 6.09. The summed E-state index contributed by atoms with van der Waals surface area (Å²) in [4.78, 5) is 13.4. The fourth-order valence-corrected chi connectivity index (χ4v) is 4.15. The second-order valence-electron chi connectivity index (χ2n) is 8.54. The van der Waals surface area contributed by atoms with Crippen LogP contribution >= 0.6 is 11.6 Å². The molecule has 174 valence electrons. The van der Waals surface area contributed by atoms with E-state index in [0.29, 0.717) is 42.6 Å². The first kappa shape index (κ1) is 23.2. The molecule has 0 saturated heterocycles. The summed E-state index contributed by atoms with van der Waals surface area (Å²) in [5, 5.41) is 9.80. The SMILES string of the molecule is CC(C)Oc1ccc(COc2ccc3c(c2)OCC(CN2CCC=C(C(=O)O)C2)=C3)cc1Cl. The number of nitrogens with zero attached hydrogens (tertiary/aromatic N) is 1. The van der Waals surface area contributed by atoms with Crippen molar-refractivity contribution in [3.8, 4) is 17.2 Å². The molecule has 2 heterocycles. The van der Waals surface area contributed by atoms with Gasteiger partial charge < -0.3 is 19.3 Å². The van der Waals surface area contributed by atoms with Crippen molar-refractivity contribution in [3.05, 3.63) is 69.8 Å². The molecule has 0 aromatic heterocycles. The van der Waals surface area contributed by atoms with Gasteiger partial charge in [0.05, 0.1) is 11.1 Å². The maximum absolute atomic E-state index is 11.2. The van der Waals surface area contributed by atoms with E-state index < -0.39 is 5.97 Å². The largest absolute Gasteiger partial charge is 0.489 e. The average molecular weight is 470 g/mol. The Hall–Kier alpha value is -2.96. The number of carboxylic acids is 1. The van der Waals surface area contributed by atoms with Crippen LogP contribution in [0.2, 0.25) is 5.02 Å². The molecule has 4 rings (SSSR count). The van der Waals surface area contributed by atoms with E-state index in [9.17, 15) is 9.90 Å². The first-order valence-corrected chi connectivity index (χ1v) is 11.4. The van der Waals surface area contributed by atoms with Gasteiger partial charge in [0.1, 0.15) is 30.5 Å². The number of fused-ring (bicyclic) bond motifs is 1. The summed E-state index contributed by atoms with van der Waals surface area (Å²) in [7, 11) is 0. The Balaban J connectivity index is 1.36. The highest BCUT2D eigenvalue weighted by atomic mass is 35.5. The smallest absolute Gasteiger partial charge is 0.332 e. The van der Waals surface area contributed by atoms with Crippen molar-refractivity contribution in [2.75, 3.05) is 26.2 Å². The van der Waals surface area contributed by atoms with Crippen molar-refractivity contribution in [1.82, 2.24) is 4.90 Å². The summed E-state index contributed by atoms with van der Waals surface area (Å²) < 4.78 is 17.6. The minimum atomic E-state index is -0.839. The van der Waals surface area contributed by atoms with Gasteiger partial charge in [-0.25, -0.2) is 4.79 Å². The number of ether oxygens (including phenoxy) is 3. The fourth-order valence-electron chi connectivity index (χ4n) is 3.91. The van der Waals surface area contributed by atoms with Gasteiger partial charge in [-0.15, -0.1) is 0 Å². The van der Waals surface area contributed by atoms with Gasteiger partial charge in [0, 0.05) is 36.8 Å². The van der Waals surface area contributed by atoms with E-state index in [-0.39, 0.29) is 6.10 Å². The summed E-state index contributed by atoms with van der Waals surface area (Å²) in [6, 6.07) is 11.5. The quantitative estimate of drug-likeness (QED) is 0.573. The van der Waals surface area contributed by atoms with E-state index in [4.69, 9.17) is 25.8 Å². The second-order valence-corrected chi connectivity index (χ2v) is 8.95. The lowest BCUT2D eigenvalue weighted by Crippen LogP contribution is -2.34. The van der Waals surface area contributed by atoms with Gasteiger partial charge in [-0.05, 0) is 61.7 Å². The molecule has 0 amide bonds. The van der Waals surface area contributed by atoms with Crippen molar-refractivity contribution in [2.24, 2.45) is 0 Å². The number of carboxylic acid groups (broad SMARTS) is 1. The number of hydrogen-bond donors (Lipinski definition) is 1. The van der Waals surface area contributed by atoms with Gasteiger partial charge in [0.2, 0.25) is 0 Å². The van der Waals surface area contributed by atoms with Crippen LogP contribution in [0.3, 0.4) is 0 Å². The molecule has 2 aromatic rings. The lowest BCUT2D eigenvalue weighted by atomic mass is 10.0. The van der Waals surface area contributed by atoms with Gasteiger partial charge in [-0.1, -0.05) is 23.7 Å². The predicted molar refractivity (Wildman–Crippen MR) is 128 cm³/mol. The van der Waals surface area contributed by atoms with Gasteiger partial charge in [-0.3, -0.25) is 4.90 Å². The predicted octanol–water partition coefficient (Wildman–Crippen LogP) is 5.20. The highest BCUT2D eigenvalue weighted by Crippen LogP contribution is 2.32. The summed E-state index contributed by atoms with van der Waals surface area (Å²) in [5.41, 5.74) is 3.53. The third-order valence-corrected chi connectivity index (χ3v) is 5.75. The zero-order valence-electron chi connectivity index (χ0n) is 18.8. The normalized spacial score (nSPS) is 15.9. The first-order chi connectivity index (χ1) is 15.9. The summed E-state index contributed by atoms with van der Waals surface area (Å²) in [6.45, 7) is 6.79. The van der Waals surface area contributed by atoms with Crippen molar-refractivity contribution < 1.29 is 24.1 Å². The average Bonchev–Trinajstić information content (AvgIpc) is 2.79. The van der Waals surface area contributed by atoms with Crippen molar-refractivity contribution in [2.45, 2.75) is 33.0 Å². The molecule has 2 aromatic carbocycles. The maximum Gasteiger partial charge on any atom is 0.332 e.